The van der Waals surface area contributed by atoms with E-state index in [4.69, 9.17) is 9.40 Å². The van der Waals surface area contributed by atoms with Crippen molar-refractivity contribution in [3.8, 4) is 22.6 Å². The summed E-state index contributed by atoms with van der Waals surface area (Å²) in [5, 5.41) is 3.70. The van der Waals surface area contributed by atoms with Crippen molar-refractivity contribution < 1.29 is 4.42 Å². The third-order valence-corrected chi connectivity index (χ3v) is 6.44. The lowest BCUT2D eigenvalue weighted by atomic mass is 9.82. The van der Waals surface area contributed by atoms with Gasteiger partial charge in [-0.3, -0.25) is 9.97 Å². The van der Waals surface area contributed by atoms with Crippen molar-refractivity contribution in [2.75, 3.05) is 0 Å². The van der Waals surface area contributed by atoms with Crippen molar-refractivity contribution in [2.24, 2.45) is 0 Å². The molecule has 0 spiro atoms. The minimum absolute atomic E-state index is 0.0256. The number of hydrogen-bond donors (Lipinski definition) is 0. The molecule has 0 aliphatic heterocycles. The number of rotatable bonds is 1. The van der Waals surface area contributed by atoms with Crippen molar-refractivity contribution in [3.05, 3.63) is 83.8 Å². The Hall–Kier alpha value is -3.46. The quantitative estimate of drug-likeness (QED) is 0.299. The maximum absolute atomic E-state index is 6.55. The standard InChI is InChI=1S/C28H24N2O/c1-28(2,3)24-15-19(14-17-6-4-5-7-20(17)24)25-27-23(11-13-30-25)22-9-8-18-16-29-12-10-21(18)26(22)31-27/h4-7,10-16H,8-9H2,1-3H3. The molecular weight excluding hydrogens is 380 g/mol. The van der Waals surface area contributed by atoms with Crippen molar-refractivity contribution in [2.45, 2.75) is 39.0 Å². The van der Waals surface area contributed by atoms with E-state index in [-0.39, 0.29) is 5.41 Å². The normalized spacial score (nSPS) is 13.4. The van der Waals surface area contributed by atoms with Crippen LogP contribution in [0.5, 0.6) is 0 Å². The van der Waals surface area contributed by atoms with Gasteiger partial charge in [-0.2, -0.15) is 0 Å². The largest absolute Gasteiger partial charge is 0.453 e. The van der Waals surface area contributed by atoms with E-state index in [1.165, 1.54) is 32.8 Å². The van der Waals surface area contributed by atoms with Crippen LogP contribution in [-0.2, 0) is 18.3 Å². The highest BCUT2D eigenvalue weighted by Gasteiger charge is 2.25. The van der Waals surface area contributed by atoms with Crippen LogP contribution in [0.15, 0.2) is 71.5 Å². The molecule has 0 fully saturated rings. The Morgan fingerprint density at radius 3 is 2.65 bits per heavy atom. The molecule has 0 bridgehead atoms. The number of hydrogen-bond acceptors (Lipinski definition) is 3. The van der Waals surface area contributed by atoms with Gasteiger partial charge in [-0.25, -0.2) is 0 Å². The Morgan fingerprint density at radius 2 is 1.77 bits per heavy atom. The molecule has 0 radical (unpaired) electrons. The minimum atomic E-state index is 0.0256. The summed E-state index contributed by atoms with van der Waals surface area (Å²) >= 11 is 0. The molecule has 3 aromatic heterocycles. The molecule has 6 rings (SSSR count). The van der Waals surface area contributed by atoms with E-state index in [1.54, 1.807) is 0 Å². The third kappa shape index (κ3) is 2.80. The first-order valence-electron chi connectivity index (χ1n) is 10.9. The fourth-order valence-corrected chi connectivity index (χ4v) is 4.92. The smallest absolute Gasteiger partial charge is 0.161 e. The number of aromatic nitrogens is 2. The third-order valence-electron chi connectivity index (χ3n) is 6.44. The highest BCUT2D eigenvalue weighted by Crippen LogP contribution is 2.43. The summed E-state index contributed by atoms with van der Waals surface area (Å²) in [6.45, 7) is 6.80. The summed E-state index contributed by atoms with van der Waals surface area (Å²) < 4.78 is 6.55. The lowest BCUT2D eigenvalue weighted by Gasteiger charge is -2.22. The van der Waals surface area contributed by atoms with E-state index in [9.17, 15) is 0 Å². The van der Waals surface area contributed by atoms with E-state index in [1.807, 2.05) is 18.6 Å². The van der Waals surface area contributed by atoms with E-state index >= 15 is 0 Å². The number of fused-ring (bicyclic) bond motifs is 6. The summed E-state index contributed by atoms with van der Waals surface area (Å²) in [5.41, 5.74) is 7.96. The van der Waals surface area contributed by atoms with E-state index in [0.29, 0.717) is 0 Å². The van der Waals surface area contributed by atoms with Crippen LogP contribution >= 0.6 is 0 Å². The second-order valence-electron chi connectivity index (χ2n) is 9.47. The predicted octanol–water partition coefficient (Wildman–Crippen LogP) is 7.11. The van der Waals surface area contributed by atoms with Gasteiger partial charge in [0.1, 0.15) is 11.5 Å². The maximum atomic E-state index is 6.55. The zero-order chi connectivity index (χ0) is 21.2. The highest BCUT2D eigenvalue weighted by atomic mass is 16.3. The zero-order valence-electron chi connectivity index (χ0n) is 18.1. The first kappa shape index (κ1) is 18.3. The molecule has 0 saturated carbocycles. The van der Waals surface area contributed by atoms with Crippen LogP contribution in [0, 0.1) is 0 Å². The number of furan rings is 1. The summed E-state index contributed by atoms with van der Waals surface area (Å²) in [6.07, 6.45) is 7.69. The first-order valence-corrected chi connectivity index (χ1v) is 10.9. The molecule has 0 unspecified atom stereocenters. The number of benzene rings is 2. The fraction of sp³-hybridized carbons (Fsp3) is 0.214. The van der Waals surface area contributed by atoms with Gasteiger partial charge in [-0.1, -0.05) is 45.0 Å². The second kappa shape index (κ2) is 6.52. The van der Waals surface area contributed by atoms with Crippen molar-refractivity contribution in [1.29, 1.82) is 0 Å². The van der Waals surface area contributed by atoms with Crippen molar-refractivity contribution >= 4 is 21.7 Å². The average Bonchev–Trinajstić information content (AvgIpc) is 3.17. The lowest BCUT2D eigenvalue weighted by molar-refractivity contribution is 0.596. The molecular formula is C28H24N2O. The van der Waals surface area contributed by atoms with Crippen LogP contribution in [0.2, 0.25) is 0 Å². The second-order valence-corrected chi connectivity index (χ2v) is 9.47. The van der Waals surface area contributed by atoms with E-state index in [2.05, 4.69) is 74.3 Å². The molecule has 3 nitrogen and oxygen atoms in total. The minimum Gasteiger partial charge on any atom is -0.453 e. The molecule has 5 aromatic rings. The summed E-state index contributed by atoms with van der Waals surface area (Å²) in [7, 11) is 0. The molecule has 1 aliphatic carbocycles. The molecule has 1 aliphatic rings. The van der Waals surface area contributed by atoms with Gasteiger partial charge in [0.15, 0.2) is 5.58 Å². The van der Waals surface area contributed by atoms with Crippen LogP contribution in [0.25, 0.3) is 44.3 Å². The van der Waals surface area contributed by atoms with Crippen LogP contribution < -0.4 is 0 Å². The van der Waals surface area contributed by atoms with Crippen molar-refractivity contribution in [1.82, 2.24) is 9.97 Å². The SMILES string of the molecule is CC(C)(C)c1cc(-c2nccc3c4c(oc23)-c2ccncc2CC4)cc2ccccc12. The number of aryl methyl sites for hydroxylation is 2. The van der Waals surface area contributed by atoms with Crippen LogP contribution in [0.3, 0.4) is 0 Å². The number of pyridine rings is 2. The van der Waals surface area contributed by atoms with Crippen LogP contribution in [0.4, 0.5) is 0 Å². The van der Waals surface area contributed by atoms with Gasteiger partial charge in [0.25, 0.3) is 0 Å². The summed E-state index contributed by atoms with van der Waals surface area (Å²) in [6, 6.07) is 17.3. The van der Waals surface area contributed by atoms with Gasteiger partial charge >= 0.3 is 0 Å². The monoisotopic (exact) mass is 404 g/mol. The highest BCUT2D eigenvalue weighted by molar-refractivity contribution is 5.99. The molecule has 3 heteroatoms. The molecule has 31 heavy (non-hydrogen) atoms. The van der Waals surface area contributed by atoms with Gasteiger partial charge in [0.05, 0.1) is 0 Å². The molecule has 2 aromatic carbocycles. The molecule has 0 saturated heterocycles. The fourth-order valence-electron chi connectivity index (χ4n) is 4.92. The average molecular weight is 405 g/mol. The van der Waals surface area contributed by atoms with Gasteiger partial charge < -0.3 is 4.42 Å². The molecule has 0 amide bonds. The zero-order valence-corrected chi connectivity index (χ0v) is 18.1. The molecule has 152 valence electrons. The topological polar surface area (TPSA) is 38.9 Å². The van der Waals surface area contributed by atoms with Crippen LogP contribution in [-0.4, -0.2) is 9.97 Å². The lowest BCUT2D eigenvalue weighted by Crippen LogP contribution is -2.12. The Labute approximate surface area is 181 Å². The van der Waals surface area contributed by atoms with Gasteiger partial charge in [-0.05, 0) is 64.4 Å². The molecule has 0 N–H and O–H groups in total. The summed E-state index contributed by atoms with van der Waals surface area (Å²) in [4.78, 5) is 9.10. The Kier molecular flexibility index (Phi) is 3.85. The van der Waals surface area contributed by atoms with Gasteiger partial charge in [0.2, 0.25) is 0 Å². The Bertz CT molecular complexity index is 1470. The number of nitrogens with zero attached hydrogens (tertiary/aromatic N) is 2. The Balaban J connectivity index is 1.64. The maximum Gasteiger partial charge on any atom is 0.161 e. The summed E-state index contributed by atoms with van der Waals surface area (Å²) in [5.74, 6) is 0.977. The van der Waals surface area contributed by atoms with E-state index in [0.717, 1.165) is 41.0 Å². The van der Waals surface area contributed by atoms with Crippen LogP contribution in [0.1, 0.15) is 37.5 Å². The van der Waals surface area contributed by atoms with Gasteiger partial charge in [0, 0.05) is 40.7 Å². The van der Waals surface area contributed by atoms with E-state index < -0.39 is 0 Å². The Morgan fingerprint density at radius 1 is 0.903 bits per heavy atom. The van der Waals surface area contributed by atoms with Gasteiger partial charge in [-0.15, -0.1) is 0 Å². The first-order chi connectivity index (χ1) is 15.0. The molecule has 3 heterocycles. The van der Waals surface area contributed by atoms with Crippen molar-refractivity contribution in [3.63, 3.8) is 0 Å². The molecule has 0 atom stereocenters. The predicted molar refractivity (Wildman–Crippen MR) is 126 cm³/mol.